The maximum absolute atomic E-state index is 13.5. The summed E-state index contributed by atoms with van der Waals surface area (Å²) in [5, 5.41) is 8.75. The van der Waals surface area contributed by atoms with E-state index in [1.165, 1.54) is 6.07 Å². The van der Waals surface area contributed by atoms with Crippen molar-refractivity contribution in [3.63, 3.8) is 0 Å². The Bertz CT molecular complexity index is 406. The first-order valence-electron chi connectivity index (χ1n) is 7.98. The minimum atomic E-state index is -0.182. The zero-order chi connectivity index (χ0) is 14.9. The number of hydrogen-bond donors (Lipinski definition) is 1. The average molecular weight is 295 g/mol. The molecule has 0 radical (unpaired) electrons. The highest BCUT2D eigenvalue weighted by atomic mass is 19.1. The molecule has 1 aromatic rings. The van der Waals surface area contributed by atoms with Crippen molar-refractivity contribution >= 4 is 0 Å². The summed E-state index contributed by atoms with van der Waals surface area (Å²) in [6.45, 7) is 3.89. The second kappa shape index (κ2) is 9.13. The van der Waals surface area contributed by atoms with Gasteiger partial charge >= 0.3 is 0 Å². The zero-order valence-electron chi connectivity index (χ0n) is 12.6. The summed E-state index contributed by atoms with van der Waals surface area (Å²) in [6.07, 6.45) is 5.45. The lowest BCUT2D eigenvalue weighted by molar-refractivity contribution is -0.00369. The fraction of sp³-hybridized carbons (Fsp3) is 0.647. The van der Waals surface area contributed by atoms with E-state index in [0.717, 1.165) is 51.7 Å². The van der Waals surface area contributed by atoms with Gasteiger partial charge in [0.15, 0.2) is 0 Å². The summed E-state index contributed by atoms with van der Waals surface area (Å²) in [6, 6.07) is 6.81. The van der Waals surface area contributed by atoms with Crippen molar-refractivity contribution in [2.24, 2.45) is 0 Å². The maximum atomic E-state index is 13.5. The number of likely N-dealkylation sites (tertiary alicyclic amines) is 1. The standard InChI is InChI=1S/C17H26FNO2/c18-17-7-3-2-6-15(17)14-21-16-8-11-19(12-9-16)10-4-1-5-13-20/h2-3,6-7,16,20H,1,4-5,8-14H2. The molecule has 0 atom stereocenters. The second-order valence-electron chi connectivity index (χ2n) is 5.73. The van der Waals surface area contributed by atoms with E-state index in [1.807, 2.05) is 6.07 Å². The van der Waals surface area contributed by atoms with Gasteiger partial charge in [-0.25, -0.2) is 4.39 Å². The lowest BCUT2D eigenvalue weighted by atomic mass is 10.1. The quantitative estimate of drug-likeness (QED) is 0.748. The Morgan fingerprint density at radius 2 is 1.90 bits per heavy atom. The fourth-order valence-electron chi connectivity index (χ4n) is 2.75. The molecule has 0 bridgehead atoms. The van der Waals surface area contributed by atoms with E-state index < -0.39 is 0 Å². The van der Waals surface area contributed by atoms with Crippen molar-refractivity contribution in [1.82, 2.24) is 4.90 Å². The van der Waals surface area contributed by atoms with Crippen LogP contribution in [-0.2, 0) is 11.3 Å². The van der Waals surface area contributed by atoms with E-state index in [-0.39, 0.29) is 11.9 Å². The largest absolute Gasteiger partial charge is 0.396 e. The summed E-state index contributed by atoms with van der Waals surface area (Å²) in [7, 11) is 0. The topological polar surface area (TPSA) is 32.7 Å². The fourth-order valence-corrected chi connectivity index (χ4v) is 2.75. The lowest BCUT2D eigenvalue weighted by Gasteiger charge is -2.31. The van der Waals surface area contributed by atoms with Gasteiger partial charge in [0.1, 0.15) is 5.82 Å². The third-order valence-electron chi connectivity index (χ3n) is 4.10. The van der Waals surface area contributed by atoms with Crippen LogP contribution in [-0.4, -0.2) is 42.4 Å². The summed E-state index contributed by atoms with van der Waals surface area (Å²) in [5.74, 6) is -0.182. The zero-order valence-corrected chi connectivity index (χ0v) is 12.6. The summed E-state index contributed by atoms with van der Waals surface area (Å²) >= 11 is 0. The molecule has 118 valence electrons. The SMILES string of the molecule is OCCCCCN1CCC(OCc2ccccc2F)CC1. The number of benzene rings is 1. The first-order chi connectivity index (χ1) is 10.3. The van der Waals surface area contributed by atoms with Crippen molar-refractivity contribution in [3.8, 4) is 0 Å². The Hall–Kier alpha value is -0.970. The summed E-state index contributed by atoms with van der Waals surface area (Å²) in [4.78, 5) is 2.46. The van der Waals surface area contributed by atoms with Crippen LogP contribution in [0.4, 0.5) is 4.39 Å². The molecule has 0 amide bonds. The van der Waals surface area contributed by atoms with Crippen LogP contribution < -0.4 is 0 Å². The van der Waals surface area contributed by atoms with Gasteiger partial charge in [-0.05, 0) is 44.7 Å². The van der Waals surface area contributed by atoms with Gasteiger partial charge in [0.25, 0.3) is 0 Å². The van der Waals surface area contributed by atoms with E-state index in [4.69, 9.17) is 9.84 Å². The molecule has 1 fully saturated rings. The Morgan fingerprint density at radius 3 is 2.62 bits per heavy atom. The van der Waals surface area contributed by atoms with E-state index in [0.29, 0.717) is 18.8 Å². The van der Waals surface area contributed by atoms with Gasteiger partial charge in [0, 0.05) is 25.3 Å². The predicted octanol–water partition coefficient (Wildman–Crippen LogP) is 2.97. The molecular weight excluding hydrogens is 269 g/mol. The molecule has 3 nitrogen and oxygen atoms in total. The van der Waals surface area contributed by atoms with Crippen molar-refractivity contribution in [3.05, 3.63) is 35.6 Å². The first-order valence-corrected chi connectivity index (χ1v) is 7.98. The molecule has 1 N–H and O–H groups in total. The van der Waals surface area contributed by atoms with E-state index >= 15 is 0 Å². The van der Waals surface area contributed by atoms with Gasteiger partial charge in [0.05, 0.1) is 12.7 Å². The molecule has 1 heterocycles. The van der Waals surface area contributed by atoms with E-state index in [2.05, 4.69) is 4.90 Å². The molecular formula is C17H26FNO2. The molecule has 1 aliphatic rings. The predicted molar refractivity (Wildman–Crippen MR) is 81.6 cm³/mol. The molecule has 1 saturated heterocycles. The number of aliphatic hydroxyl groups excluding tert-OH is 1. The third kappa shape index (κ3) is 5.73. The number of ether oxygens (including phenoxy) is 1. The third-order valence-corrected chi connectivity index (χ3v) is 4.10. The van der Waals surface area contributed by atoms with Crippen LogP contribution in [0.3, 0.4) is 0 Å². The molecule has 0 unspecified atom stereocenters. The Labute approximate surface area is 126 Å². The van der Waals surface area contributed by atoms with Gasteiger partial charge in [-0.15, -0.1) is 0 Å². The highest BCUT2D eigenvalue weighted by Gasteiger charge is 2.19. The van der Waals surface area contributed by atoms with Crippen molar-refractivity contribution in [1.29, 1.82) is 0 Å². The van der Waals surface area contributed by atoms with Gasteiger partial charge in [-0.3, -0.25) is 0 Å². The van der Waals surface area contributed by atoms with Gasteiger partial charge in [-0.1, -0.05) is 18.2 Å². The van der Waals surface area contributed by atoms with Crippen LogP contribution in [0.2, 0.25) is 0 Å². The number of rotatable bonds is 8. The monoisotopic (exact) mass is 295 g/mol. The number of hydrogen-bond acceptors (Lipinski definition) is 3. The first kappa shape index (κ1) is 16.4. The molecule has 1 aromatic carbocycles. The number of unbranched alkanes of at least 4 members (excludes halogenated alkanes) is 2. The normalized spacial score (nSPS) is 17.2. The minimum Gasteiger partial charge on any atom is -0.396 e. The van der Waals surface area contributed by atoms with Crippen LogP contribution in [0.1, 0.15) is 37.7 Å². The van der Waals surface area contributed by atoms with Gasteiger partial charge < -0.3 is 14.7 Å². The molecule has 2 rings (SSSR count). The molecule has 4 heteroatoms. The smallest absolute Gasteiger partial charge is 0.128 e. The van der Waals surface area contributed by atoms with Crippen LogP contribution in [0.15, 0.2) is 24.3 Å². The Morgan fingerprint density at radius 1 is 1.14 bits per heavy atom. The van der Waals surface area contributed by atoms with E-state index in [9.17, 15) is 4.39 Å². The Kier molecular flexibility index (Phi) is 7.13. The van der Waals surface area contributed by atoms with Crippen molar-refractivity contribution in [2.75, 3.05) is 26.2 Å². The number of aliphatic hydroxyl groups is 1. The summed E-state index contributed by atoms with van der Waals surface area (Å²) < 4.78 is 19.3. The van der Waals surface area contributed by atoms with E-state index in [1.54, 1.807) is 12.1 Å². The number of piperidine rings is 1. The highest BCUT2D eigenvalue weighted by Crippen LogP contribution is 2.17. The average Bonchev–Trinajstić information content (AvgIpc) is 2.52. The lowest BCUT2D eigenvalue weighted by Crippen LogP contribution is -2.37. The molecule has 0 saturated carbocycles. The number of halogens is 1. The van der Waals surface area contributed by atoms with Crippen LogP contribution in [0.5, 0.6) is 0 Å². The van der Waals surface area contributed by atoms with Gasteiger partial charge in [-0.2, -0.15) is 0 Å². The van der Waals surface area contributed by atoms with Crippen LogP contribution >= 0.6 is 0 Å². The van der Waals surface area contributed by atoms with Crippen LogP contribution in [0, 0.1) is 5.82 Å². The number of nitrogens with zero attached hydrogens (tertiary/aromatic N) is 1. The minimum absolute atomic E-state index is 0.182. The van der Waals surface area contributed by atoms with Crippen LogP contribution in [0.25, 0.3) is 0 Å². The molecule has 21 heavy (non-hydrogen) atoms. The van der Waals surface area contributed by atoms with Crippen molar-refractivity contribution < 1.29 is 14.2 Å². The molecule has 0 aliphatic carbocycles. The maximum Gasteiger partial charge on any atom is 0.128 e. The molecule has 0 aromatic heterocycles. The molecule has 0 spiro atoms. The molecule has 1 aliphatic heterocycles. The van der Waals surface area contributed by atoms with Gasteiger partial charge in [0.2, 0.25) is 0 Å². The summed E-state index contributed by atoms with van der Waals surface area (Å²) in [5.41, 5.74) is 0.643. The van der Waals surface area contributed by atoms with Crippen molar-refractivity contribution in [2.45, 2.75) is 44.8 Å². The Balaban J connectivity index is 1.62. The highest BCUT2D eigenvalue weighted by molar-refractivity contribution is 5.16. The second-order valence-corrected chi connectivity index (χ2v) is 5.73.